The second-order valence-corrected chi connectivity index (χ2v) is 5.28. The summed E-state index contributed by atoms with van der Waals surface area (Å²) >= 11 is 0. The Balaban J connectivity index is 1.85. The molecule has 4 nitrogen and oxygen atoms in total. The standard InChI is InChI=1S/C17H14FNO3/c18-15-3-1-2-12(9-15)16(20)19-7-6-11-4-5-13(17(21)22)8-14(11)10-19/h1-5,8-9H,6-7,10H2,(H,21,22). The number of carboxylic acid groups (broad SMARTS) is 1. The number of aromatic carboxylic acids is 1. The van der Waals surface area contributed by atoms with Crippen LogP contribution in [0.2, 0.25) is 0 Å². The first-order valence-corrected chi connectivity index (χ1v) is 6.94. The maximum Gasteiger partial charge on any atom is 0.335 e. The summed E-state index contributed by atoms with van der Waals surface area (Å²) in [6.07, 6.45) is 0.663. The minimum Gasteiger partial charge on any atom is -0.478 e. The van der Waals surface area contributed by atoms with Gasteiger partial charge in [-0.05, 0) is 47.9 Å². The summed E-state index contributed by atoms with van der Waals surface area (Å²) in [5, 5.41) is 9.05. The van der Waals surface area contributed by atoms with Gasteiger partial charge in [-0.1, -0.05) is 12.1 Å². The van der Waals surface area contributed by atoms with Crippen molar-refractivity contribution in [3.63, 3.8) is 0 Å². The minimum absolute atomic E-state index is 0.207. The first kappa shape index (κ1) is 14.3. The van der Waals surface area contributed by atoms with Gasteiger partial charge in [-0.15, -0.1) is 0 Å². The number of carboxylic acids is 1. The van der Waals surface area contributed by atoms with Crippen LogP contribution in [0, 0.1) is 5.82 Å². The Morgan fingerprint density at radius 1 is 1.05 bits per heavy atom. The van der Waals surface area contributed by atoms with Gasteiger partial charge in [-0.2, -0.15) is 0 Å². The molecule has 0 aromatic heterocycles. The molecule has 0 saturated carbocycles. The molecule has 2 aromatic rings. The number of halogens is 1. The highest BCUT2D eigenvalue weighted by Crippen LogP contribution is 2.22. The van der Waals surface area contributed by atoms with E-state index in [0.717, 1.165) is 11.1 Å². The highest BCUT2D eigenvalue weighted by Gasteiger charge is 2.22. The normalized spacial score (nSPS) is 13.6. The van der Waals surface area contributed by atoms with Crippen molar-refractivity contribution in [3.05, 3.63) is 70.5 Å². The molecule has 2 aromatic carbocycles. The number of nitrogens with zero attached hydrogens (tertiary/aromatic N) is 1. The molecular weight excluding hydrogens is 285 g/mol. The number of rotatable bonds is 2. The quantitative estimate of drug-likeness (QED) is 0.927. The highest BCUT2D eigenvalue weighted by molar-refractivity contribution is 5.94. The lowest BCUT2D eigenvalue weighted by molar-refractivity contribution is 0.0696. The average molecular weight is 299 g/mol. The van der Waals surface area contributed by atoms with Gasteiger partial charge in [-0.3, -0.25) is 4.79 Å². The molecule has 5 heteroatoms. The fraction of sp³-hybridized carbons (Fsp3) is 0.176. The number of hydrogen-bond acceptors (Lipinski definition) is 2. The van der Waals surface area contributed by atoms with Crippen molar-refractivity contribution in [1.29, 1.82) is 0 Å². The van der Waals surface area contributed by atoms with E-state index in [2.05, 4.69) is 0 Å². The van der Waals surface area contributed by atoms with Crippen LogP contribution < -0.4 is 0 Å². The number of benzene rings is 2. The molecule has 0 saturated heterocycles. The molecule has 112 valence electrons. The molecule has 3 rings (SSSR count). The zero-order valence-corrected chi connectivity index (χ0v) is 11.8. The monoisotopic (exact) mass is 299 g/mol. The second-order valence-electron chi connectivity index (χ2n) is 5.28. The van der Waals surface area contributed by atoms with Crippen LogP contribution in [0.25, 0.3) is 0 Å². The summed E-state index contributed by atoms with van der Waals surface area (Å²) in [4.78, 5) is 25.1. The first-order chi connectivity index (χ1) is 10.5. The molecule has 0 atom stereocenters. The molecule has 0 fully saturated rings. The molecular formula is C17H14FNO3. The summed E-state index contributed by atoms with van der Waals surface area (Å²) in [5.74, 6) is -1.68. The van der Waals surface area contributed by atoms with E-state index in [4.69, 9.17) is 5.11 Å². The van der Waals surface area contributed by atoms with Crippen LogP contribution in [-0.2, 0) is 13.0 Å². The first-order valence-electron chi connectivity index (χ1n) is 6.94. The van der Waals surface area contributed by atoms with E-state index in [1.807, 2.05) is 0 Å². The third kappa shape index (κ3) is 2.70. The SMILES string of the molecule is O=C(O)c1ccc2c(c1)CN(C(=O)c1cccc(F)c1)CC2. The van der Waals surface area contributed by atoms with E-state index in [1.54, 1.807) is 29.2 Å². The predicted octanol–water partition coefficient (Wildman–Crippen LogP) is 2.72. The zero-order valence-electron chi connectivity index (χ0n) is 11.8. The fourth-order valence-electron chi connectivity index (χ4n) is 2.67. The Kier molecular flexibility index (Phi) is 3.63. The van der Waals surface area contributed by atoms with Crippen molar-refractivity contribution in [3.8, 4) is 0 Å². The third-order valence-corrected chi connectivity index (χ3v) is 3.82. The summed E-state index contributed by atoms with van der Waals surface area (Å²) < 4.78 is 13.2. The summed E-state index contributed by atoms with van der Waals surface area (Å²) in [6.45, 7) is 0.876. The van der Waals surface area contributed by atoms with Crippen molar-refractivity contribution < 1.29 is 19.1 Å². The Labute approximate surface area is 126 Å². The van der Waals surface area contributed by atoms with Crippen LogP contribution in [0.1, 0.15) is 31.8 Å². The van der Waals surface area contributed by atoms with E-state index in [0.29, 0.717) is 25.1 Å². The van der Waals surface area contributed by atoms with Crippen LogP contribution in [0.4, 0.5) is 4.39 Å². The molecule has 0 bridgehead atoms. The predicted molar refractivity (Wildman–Crippen MR) is 78.2 cm³/mol. The van der Waals surface area contributed by atoms with Crippen molar-refractivity contribution in [2.75, 3.05) is 6.54 Å². The van der Waals surface area contributed by atoms with Crippen molar-refractivity contribution in [2.45, 2.75) is 13.0 Å². The van der Waals surface area contributed by atoms with Crippen molar-refractivity contribution >= 4 is 11.9 Å². The molecule has 1 aliphatic heterocycles. The van der Waals surface area contributed by atoms with E-state index in [-0.39, 0.29) is 11.5 Å². The smallest absolute Gasteiger partial charge is 0.335 e. The van der Waals surface area contributed by atoms with Gasteiger partial charge in [0.15, 0.2) is 0 Å². The topological polar surface area (TPSA) is 57.6 Å². The summed E-state index contributed by atoms with van der Waals surface area (Å²) in [7, 11) is 0. The van der Waals surface area contributed by atoms with E-state index in [1.165, 1.54) is 18.2 Å². The van der Waals surface area contributed by atoms with Crippen LogP contribution in [0.5, 0.6) is 0 Å². The van der Waals surface area contributed by atoms with Crippen LogP contribution in [-0.4, -0.2) is 28.4 Å². The average Bonchev–Trinajstić information content (AvgIpc) is 2.53. The number of fused-ring (bicyclic) bond motifs is 1. The van der Waals surface area contributed by atoms with Crippen LogP contribution in [0.3, 0.4) is 0 Å². The van der Waals surface area contributed by atoms with Gasteiger partial charge in [0.05, 0.1) is 5.56 Å². The van der Waals surface area contributed by atoms with Gasteiger partial charge in [0.25, 0.3) is 5.91 Å². The van der Waals surface area contributed by atoms with Gasteiger partial charge >= 0.3 is 5.97 Å². The maximum absolute atomic E-state index is 13.2. The summed E-state index contributed by atoms with van der Waals surface area (Å²) in [5.41, 5.74) is 2.39. The van der Waals surface area contributed by atoms with E-state index in [9.17, 15) is 14.0 Å². The molecule has 1 N–H and O–H groups in total. The molecule has 0 radical (unpaired) electrons. The molecule has 0 unspecified atom stereocenters. The zero-order chi connectivity index (χ0) is 15.7. The second kappa shape index (κ2) is 5.60. The Bertz CT molecular complexity index is 757. The Morgan fingerprint density at radius 2 is 1.86 bits per heavy atom. The number of hydrogen-bond donors (Lipinski definition) is 1. The lowest BCUT2D eigenvalue weighted by Crippen LogP contribution is -2.36. The molecule has 22 heavy (non-hydrogen) atoms. The largest absolute Gasteiger partial charge is 0.478 e. The highest BCUT2D eigenvalue weighted by atomic mass is 19.1. The van der Waals surface area contributed by atoms with Gasteiger partial charge in [0, 0.05) is 18.7 Å². The molecule has 1 aliphatic rings. The Morgan fingerprint density at radius 3 is 2.59 bits per heavy atom. The molecule has 1 amide bonds. The lowest BCUT2D eigenvalue weighted by Gasteiger charge is -2.29. The van der Waals surface area contributed by atoms with Gasteiger partial charge in [-0.25, -0.2) is 9.18 Å². The van der Waals surface area contributed by atoms with Gasteiger partial charge < -0.3 is 10.0 Å². The van der Waals surface area contributed by atoms with E-state index < -0.39 is 11.8 Å². The van der Waals surface area contributed by atoms with Crippen LogP contribution in [0.15, 0.2) is 42.5 Å². The van der Waals surface area contributed by atoms with E-state index >= 15 is 0 Å². The van der Waals surface area contributed by atoms with Gasteiger partial charge in [0.2, 0.25) is 0 Å². The molecule has 1 heterocycles. The van der Waals surface area contributed by atoms with Crippen LogP contribution >= 0.6 is 0 Å². The number of carbonyl (C=O) groups is 2. The lowest BCUT2D eigenvalue weighted by atomic mass is 9.97. The van der Waals surface area contributed by atoms with Crippen molar-refractivity contribution in [2.24, 2.45) is 0 Å². The number of carbonyl (C=O) groups excluding carboxylic acids is 1. The third-order valence-electron chi connectivity index (χ3n) is 3.82. The number of amides is 1. The Hall–Kier alpha value is -2.69. The summed E-state index contributed by atoms with van der Waals surface area (Å²) in [6, 6.07) is 10.6. The van der Waals surface area contributed by atoms with Crippen molar-refractivity contribution in [1.82, 2.24) is 4.90 Å². The maximum atomic E-state index is 13.2. The molecule has 0 aliphatic carbocycles. The fourth-order valence-corrected chi connectivity index (χ4v) is 2.67. The van der Waals surface area contributed by atoms with Gasteiger partial charge in [0.1, 0.15) is 5.82 Å². The molecule has 0 spiro atoms. The minimum atomic E-state index is -0.989.